The molecule has 0 fully saturated rings. The molecule has 3 atom stereocenters. The number of Topliss-reactive ketones (excluding diaryl/α,β-unsaturated/α-hetero) is 2. The van der Waals surface area contributed by atoms with Gasteiger partial charge in [0.2, 0.25) is 0 Å². The highest BCUT2D eigenvalue weighted by atomic mass is 79.9. The summed E-state index contributed by atoms with van der Waals surface area (Å²) in [5.41, 5.74) is 1.64. The third kappa shape index (κ3) is 3.73. The Bertz CT molecular complexity index is 1110. The maximum Gasteiger partial charge on any atom is 0.322 e. The van der Waals surface area contributed by atoms with E-state index in [0.717, 1.165) is 4.47 Å². The summed E-state index contributed by atoms with van der Waals surface area (Å²) >= 11 is 3.46. The number of benzene rings is 3. The Kier molecular flexibility index (Phi) is 5.64. The topological polar surface area (TPSA) is 60.4 Å². The van der Waals surface area contributed by atoms with Crippen molar-refractivity contribution in [3.63, 3.8) is 0 Å². The molecule has 3 aromatic rings. The summed E-state index contributed by atoms with van der Waals surface area (Å²) in [4.78, 5) is 39.6. The van der Waals surface area contributed by atoms with Gasteiger partial charge in [-0.05, 0) is 18.2 Å². The first-order valence-corrected chi connectivity index (χ1v) is 10.5. The number of ketones is 2. The quantitative estimate of drug-likeness (QED) is 0.218. The minimum atomic E-state index is -1.10. The molecule has 3 aromatic carbocycles. The first-order valence-electron chi connectivity index (χ1n) is 9.67. The number of ether oxygens (including phenoxy) is 1. The number of fused-ring (bicyclic) bond motifs is 1. The van der Waals surface area contributed by atoms with Crippen LogP contribution < -0.4 is 4.74 Å². The summed E-state index contributed by atoms with van der Waals surface area (Å²) in [7, 11) is 0. The van der Waals surface area contributed by atoms with Gasteiger partial charge >= 0.3 is 5.97 Å². The first kappa shape index (κ1) is 20.2. The number of halogens is 1. The van der Waals surface area contributed by atoms with Crippen LogP contribution in [0.2, 0.25) is 0 Å². The Morgan fingerprint density at radius 3 is 2.13 bits per heavy atom. The van der Waals surface area contributed by atoms with Crippen molar-refractivity contribution in [1.82, 2.24) is 0 Å². The Hall–Kier alpha value is -3.05. The number of carbonyl (C=O) groups is 3. The van der Waals surface area contributed by atoms with Gasteiger partial charge in [-0.1, -0.05) is 83.5 Å². The van der Waals surface area contributed by atoms with Crippen LogP contribution in [0.1, 0.15) is 39.1 Å². The third-order valence-corrected chi connectivity index (χ3v) is 6.00. The third-order valence-electron chi connectivity index (χ3n) is 5.51. The molecule has 0 spiro atoms. The molecule has 0 N–H and O–H groups in total. The number of carbonyl (C=O) groups excluding carboxylic acids is 3. The summed E-state index contributed by atoms with van der Waals surface area (Å²) in [6.45, 7) is 1.77. The molecule has 0 unspecified atom stereocenters. The van der Waals surface area contributed by atoms with Gasteiger partial charge in [0.05, 0.1) is 0 Å². The number of hydrogen-bond acceptors (Lipinski definition) is 4. The van der Waals surface area contributed by atoms with Gasteiger partial charge in [-0.15, -0.1) is 0 Å². The maximum absolute atomic E-state index is 13.4. The van der Waals surface area contributed by atoms with E-state index in [2.05, 4.69) is 15.9 Å². The molecular formula is C25H19BrO4. The van der Waals surface area contributed by atoms with Gasteiger partial charge in [-0.25, -0.2) is 0 Å². The predicted octanol–water partition coefficient (Wildman–Crippen LogP) is 5.47. The van der Waals surface area contributed by atoms with E-state index in [1.165, 1.54) is 0 Å². The van der Waals surface area contributed by atoms with Crippen molar-refractivity contribution in [2.45, 2.75) is 12.8 Å². The lowest BCUT2D eigenvalue weighted by Crippen LogP contribution is -2.41. The zero-order valence-electron chi connectivity index (χ0n) is 16.2. The van der Waals surface area contributed by atoms with E-state index in [-0.39, 0.29) is 11.6 Å². The van der Waals surface area contributed by atoms with Crippen molar-refractivity contribution >= 4 is 33.5 Å². The van der Waals surface area contributed by atoms with Crippen molar-refractivity contribution in [2.75, 3.05) is 0 Å². The highest BCUT2D eigenvalue weighted by Gasteiger charge is 2.47. The smallest absolute Gasteiger partial charge is 0.322 e. The second kappa shape index (κ2) is 8.36. The van der Waals surface area contributed by atoms with E-state index in [4.69, 9.17) is 4.74 Å². The van der Waals surface area contributed by atoms with Crippen LogP contribution in [0.4, 0.5) is 0 Å². The zero-order chi connectivity index (χ0) is 21.3. The van der Waals surface area contributed by atoms with Crippen molar-refractivity contribution in [3.05, 3.63) is 100 Å². The normalized spacial score (nSPS) is 18.8. The minimum Gasteiger partial charge on any atom is -0.426 e. The molecule has 4 rings (SSSR count). The molecule has 30 heavy (non-hydrogen) atoms. The minimum absolute atomic E-state index is 0.118. The molecule has 0 aliphatic carbocycles. The summed E-state index contributed by atoms with van der Waals surface area (Å²) in [6.07, 6.45) is 0. The summed E-state index contributed by atoms with van der Waals surface area (Å²) in [6, 6.07) is 22.9. The molecule has 1 aliphatic rings. The SMILES string of the molecule is C[C@H](C(=O)c1ccccc1)[C@H]1c2cc(Br)ccc2OC(=O)[C@@H]1C(=O)c1ccccc1. The van der Waals surface area contributed by atoms with Gasteiger partial charge in [0.1, 0.15) is 11.7 Å². The molecule has 0 saturated heterocycles. The number of hydrogen-bond donors (Lipinski definition) is 0. The lowest BCUT2D eigenvalue weighted by molar-refractivity contribution is -0.139. The molecule has 150 valence electrons. The van der Waals surface area contributed by atoms with Crippen LogP contribution in [0, 0.1) is 11.8 Å². The molecule has 1 aliphatic heterocycles. The van der Waals surface area contributed by atoms with Crippen molar-refractivity contribution in [2.24, 2.45) is 11.8 Å². The first-order chi connectivity index (χ1) is 14.5. The fraction of sp³-hybridized carbons (Fsp3) is 0.160. The second-order valence-corrected chi connectivity index (χ2v) is 8.27. The Labute approximate surface area is 183 Å². The molecule has 0 amide bonds. The molecule has 0 bridgehead atoms. The van der Waals surface area contributed by atoms with Gasteiger partial charge < -0.3 is 4.74 Å². The van der Waals surface area contributed by atoms with E-state index in [9.17, 15) is 14.4 Å². The fourth-order valence-electron chi connectivity index (χ4n) is 4.01. The molecule has 4 nitrogen and oxygen atoms in total. The summed E-state index contributed by atoms with van der Waals surface area (Å²) in [5, 5.41) is 0. The van der Waals surface area contributed by atoms with Crippen LogP contribution in [-0.2, 0) is 4.79 Å². The van der Waals surface area contributed by atoms with E-state index < -0.39 is 23.7 Å². The van der Waals surface area contributed by atoms with E-state index in [1.807, 2.05) is 12.1 Å². The average Bonchev–Trinajstić information content (AvgIpc) is 2.78. The van der Waals surface area contributed by atoms with Gasteiger partial charge in [0.25, 0.3) is 0 Å². The lowest BCUT2D eigenvalue weighted by Gasteiger charge is -2.34. The van der Waals surface area contributed by atoms with Crippen molar-refractivity contribution < 1.29 is 19.1 Å². The van der Waals surface area contributed by atoms with Gasteiger partial charge in [0.15, 0.2) is 11.6 Å². The Balaban J connectivity index is 1.82. The number of esters is 1. The summed E-state index contributed by atoms with van der Waals surface area (Å²) < 4.78 is 6.30. The second-order valence-electron chi connectivity index (χ2n) is 7.36. The lowest BCUT2D eigenvalue weighted by atomic mass is 9.71. The van der Waals surface area contributed by atoms with Crippen LogP contribution in [0.5, 0.6) is 5.75 Å². The molecule has 5 heteroatoms. The van der Waals surface area contributed by atoms with Crippen LogP contribution in [0.25, 0.3) is 0 Å². The van der Waals surface area contributed by atoms with Crippen LogP contribution >= 0.6 is 15.9 Å². The monoisotopic (exact) mass is 462 g/mol. The Morgan fingerprint density at radius 2 is 1.50 bits per heavy atom. The van der Waals surface area contributed by atoms with E-state index >= 15 is 0 Å². The zero-order valence-corrected chi connectivity index (χ0v) is 17.8. The van der Waals surface area contributed by atoms with Crippen LogP contribution in [0.15, 0.2) is 83.3 Å². The predicted molar refractivity (Wildman–Crippen MR) is 117 cm³/mol. The molecule has 0 saturated carbocycles. The van der Waals surface area contributed by atoms with Crippen molar-refractivity contribution in [1.29, 1.82) is 0 Å². The van der Waals surface area contributed by atoms with Crippen LogP contribution in [0.3, 0.4) is 0 Å². The summed E-state index contributed by atoms with van der Waals surface area (Å²) in [5.74, 6) is -3.05. The van der Waals surface area contributed by atoms with Gasteiger partial charge in [0, 0.05) is 33.0 Å². The molecular weight excluding hydrogens is 444 g/mol. The van der Waals surface area contributed by atoms with E-state index in [0.29, 0.717) is 22.4 Å². The van der Waals surface area contributed by atoms with Gasteiger partial charge in [-0.3, -0.25) is 14.4 Å². The van der Waals surface area contributed by atoms with E-state index in [1.54, 1.807) is 73.7 Å². The fourth-order valence-corrected chi connectivity index (χ4v) is 4.39. The van der Waals surface area contributed by atoms with Crippen molar-refractivity contribution in [3.8, 4) is 5.75 Å². The highest BCUT2D eigenvalue weighted by Crippen LogP contribution is 2.45. The van der Waals surface area contributed by atoms with Gasteiger partial charge in [-0.2, -0.15) is 0 Å². The van der Waals surface area contributed by atoms with Crippen LogP contribution in [-0.4, -0.2) is 17.5 Å². The highest BCUT2D eigenvalue weighted by molar-refractivity contribution is 9.10. The maximum atomic E-state index is 13.4. The molecule has 0 aromatic heterocycles. The standard InChI is InChI=1S/C25H19BrO4/c1-15(23(27)16-8-4-2-5-9-16)21-19-14-18(26)12-13-20(19)30-25(29)22(21)24(28)17-10-6-3-7-11-17/h2-15,21-22H,1H3/t15-,21-,22-/m0/s1. The largest absolute Gasteiger partial charge is 0.426 e. The number of rotatable bonds is 5. The Morgan fingerprint density at radius 1 is 0.900 bits per heavy atom. The molecule has 0 radical (unpaired) electrons. The molecule has 1 heterocycles. The average molecular weight is 463 g/mol.